The first kappa shape index (κ1) is 21.3. The third-order valence-electron chi connectivity index (χ3n) is 7.47. The van der Waals surface area contributed by atoms with Crippen LogP contribution in [-0.4, -0.2) is 39.5 Å². The summed E-state index contributed by atoms with van der Waals surface area (Å²) in [4.78, 5) is 26.2. The summed E-state index contributed by atoms with van der Waals surface area (Å²) in [6.07, 6.45) is 3.99. The van der Waals surface area contributed by atoms with Crippen molar-refractivity contribution in [2.75, 3.05) is 6.61 Å². The summed E-state index contributed by atoms with van der Waals surface area (Å²) in [7, 11) is 0. The van der Waals surface area contributed by atoms with E-state index in [-0.39, 0.29) is 18.0 Å². The zero-order chi connectivity index (χ0) is 23.2. The summed E-state index contributed by atoms with van der Waals surface area (Å²) < 4.78 is 6.21. The van der Waals surface area contributed by atoms with Gasteiger partial charge in [-0.2, -0.15) is 0 Å². The van der Waals surface area contributed by atoms with Crippen LogP contribution in [0.15, 0.2) is 66.9 Å². The molecular formula is C28H27N3O2S. The Kier molecular flexibility index (Phi) is 5.33. The van der Waals surface area contributed by atoms with Gasteiger partial charge in [-0.1, -0.05) is 61.5 Å². The van der Waals surface area contributed by atoms with Crippen molar-refractivity contribution in [1.29, 1.82) is 0 Å². The molecule has 0 spiro atoms. The zero-order valence-electron chi connectivity index (χ0n) is 19.3. The molecule has 2 aromatic carbocycles. The first-order valence-corrected chi connectivity index (χ1v) is 12.7. The number of nitrogens with zero attached hydrogens (tertiary/aromatic N) is 3. The van der Waals surface area contributed by atoms with Crippen molar-refractivity contribution in [2.45, 2.75) is 38.8 Å². The van der Waals surface area contributed by atoms with Crippen molar-refractivity contribution in [3.8, 4) is 16.3 Å². The molecule has 4 aromatic rings. The number of benzene rings is 2. The summed E-state index contributed by atoms with van der Waals surface area (Å²) in [5.74, 6) is 1.65. The lowest BCUT2D eigenvalue weighted by molar-refractivity contribution is -0.0676. The second-order valence-corrected chi connectivity index (χ2v) is 10.7. The molecule has 2 aromatic heterocycles. The highest BCUT2D eigenvalue weighted by Gasteiger charge is 2.51. The Hall–Kier alpha value is -3.25. The summed E-state index contributed by atoms with van der Waals surface area (Å²) in [5, 5.41) is 3.10. The van der Waals surface area contributed by atoms with Crippen LogP contribution in [-0.2, 0) is 0 Å². The number of aryl methyl sites for hydroxylation is 1. The fraction of sp³-hybridized carbons (Fsp3) is 0.321. The number of fused-ring (bicyclic) bond motifs is 3. The van der Waals surface area contributed by atoms with Gasteiger partial charge < -0.3 is 9.64 Å². The second-order valence-electron chi connectivity index (χ2n) is 9.48. The van der Waals surface area contributed by atoms with Gasteiger partial charge in [0.15, 0.2) is 0 Å². The lowest BCUT2D eigenvalue weighted by Crippen LogP contribution is -2.64. The first-order chi connectivity index (χ1) is 16.6. The maximum absolute atomic E-state index is 14.0. The molecule has 3 aliphatic rings. The quantitative estimate of drug-likeness (QED) is 0.361. The number of amides is 1. The molecule has 2 saturated heterocycles. The molecule has 0 N–H and O–H groups in total. The Morgan fingerprint density at radius 1 is 1.09 bits per heavy atom. The van der Waals surface area contributed by atoms with Gasteiger partial charge in [0.25, 0.3) is 5.91 Å². The molecule has 0 unspecified atom stereocenters. The van der Waals surface area contributed by atoms with Crippen molar-refractivity contribution in [1.82, 2.24) is 14.9 Å². The fourth-order valence-corrected chi connectivity index (χ4v) is 6.38. The van der Waals surface area contributed by atoms with Gasteiger partial charge in [0.05, 0.1) is 15.9 Å². The molecule has 172 valence electrons. The number of pyridine rings is 1. The van der Waals surface area contributed by atoms with Crippen LogP contribution in [0.3, 0.4) is 0 Å². The molecule has 2 bridgehead atoms. The number of carbonyl (C=O) groups is 1. The molecule has 1 saturated carbocycles. The van der Waals surface area contributed by atoms with E-state index in [2.05, 4.69) is 22.9 Å². The van der Waals surface area contributed by atoms with Crippen LogP contribution in [0.25, 0.3) is 21.2 Å². The van der Waals surface area contributed by atoms with E-state index in [1.54, 1.807) is 11.3 Å². The molecule has 2 aliphatic heterocycles. The molecule has 4 heterocycles. The minimum absolute atomic E-state index is 0.00361. The Balaban J connectivity index is 1.29. The van der Waals surface area contributed by atoms with Crippen LogP contribution < -0.4 is 4.74 Å². The number of thiazole rings is 1. The van der Waals surface area contributed by atoms with Gasteiger partial charge in [-0.05, 0) is 42.6 Å². The van der Waals surface area contributed by atoms with E-state index in [4.69, 9.17) is 9.72 Å². The first-order valence-electron chi connectivity index (χ1n) is 11.9. The number of carbonyl (C=O) groups excluding carboxylic acids is 1. The molecule has 0 radical (unpaired) electrons. The van der Waals surface area contributed by atoms with Crippen LogP contribution in [0.4, 0.5) is 0 Å². The topological polar surface area (TPSA) is 55.3 Å². The Morgan fingerprint density at radius 3 is 2.62 bits per heavy atom. The predicted octanol–water partition coefficient (Wildman–Crippen LogP) is 5.98. The Morgan fingerprint density at radius 2 is 1.82 bits per heavy atom. The smallest absolute Gasteiger partial charge is 0.274 e. The monoisotopic (exact) mass is 469 g/mol. The maximum Gasteiger partial charge on any atom is 0.274 e. The van der Waals surface area contributed by atoms with E-state index in [1.807, 2.05) is 67.7 Å². The summed E-state index contributed by atoms with van der Waals surface area (Å²) in [5.41, 5.74) is 1.61. The predicted molar refractivity (Wildman–Crippen MR) is 135 cm³/mol. The van der Waals surface area contributed by atoms with Gasteiger partial charge in [-0.15, -0.1) is 11.3 Å². The number of aromatic nitrogens is 2. The average Bonchev–Trinajstić information content (AvgIpc) is 3.23. The largest absolute Gasteiger partial charge is 0.475 e. The fourth-order valence-electron chi connectivity index (χ4n) is 5.47. The van der Waals surface area contributed by atoms with Crippen molar-refractivity contribution in [3.05, 3.63) is 77.6 Å². The highest BCUT2D eigenvalue weighted by Crippen LogP contribution is 2.47. The third kappa shape index (κ3) is 3.66. The lowest BCUT2D eigenvalue weighted by Gasteiger charge is -2.56. The number of piperidine rings is 2. The van der Waals surface area contributed by atoms with E-state index in [0.29, 0.717) is 30.0 Å². The van der Waals surface area contributed by atoms with Gasteiger partial charge >= 0.3 is 0 Å². The molecule has 1 amide bonds. The van der Waals surface area contributed by atoms with Gasteiger partial charge in [-0.25, -0.2) is 9.97 Å². The van der Waals surface area contributed by atoms with Crippen LogP contribution in [0, 0.1) is 18.8 Å². The molecule has 5 nitrogen and oxygen atoms in total. The summed E-state index contributed by atoms with van der Waals surface area (Å²) in [6.45, 7) is 4.67. The van der Waals surface area contributed by atoms with Gasteiger partial charge in [-0.3, -0.25) is 4.79 Å². The Bertz CT molecular complexity index is 1350. The third-order valence-corrected chi connectivity index (χ3v) is 8.49. The SMILES string of the molecule is Cc1nc(C(=O)N2C3CC(C3)[C@H](C)[C@H]2COc2cc3ccccc3cn2)c(-c2ccccc2)s1. The molecule has 2 atom stereocenters. The summed E-state index contributed by atoms with van der Waals surface area (Å²) >= 11 is 1.59. The van der Waals surface area contributed by atoms with Gasteiger partial charge in [0.2, 0.25) is 5.88 Å². The number of ether oxygens (including phenoxy) is 1. The average molecular weight is 470 g/mol. The van der Waals surface area contributed by atoms with E-state index in [0.717, 1.165) is 39.1 Å². The standard InChI is InChI=1S/C28H27N3O2S/c1-17-22-12-23(13-22)31(24(17)16-33-25-14-20-10-6-7-11-21(20)15-29-25)28(32)26-27(34-18(2)30-26)19-8-4-3-5-9-19/h3-11,14-15,17,22-24H,12-13,16H2,1-2H3/t17-,22?,23?,24+/m0/s1. The van der Waals surface area contributed by atoms with E-state index in [9.17, 15) is 4.79 Å². The molecule has 34 heavy (non-hydrogen) atoms. The van der Waals surface area contributed by atoms with Gasteiger partial charge in [0, 0.05) is 23.7 Å². The molecule has 3 fully saturated rings. The van der Waals surface area contributed by atoms with Gasteiger partial charge in [0.1, 0.15) is 12.3 Å². The van der Waals surface area contributed by atoms with E-state index in [1.165, 1.54) is 0 Å². The van der Waals surface area contributed by atoms with Crippen molar-refractivity contribution in [3.63, 3.8) is 0 Å². The highest BCUT2D eigenvalue weighted by molar-refractivity contribution is 7.15. The number of hydrogen-bond donors (Lipinski definition) is 0. The Labute approximate surface area is 203 Å². The van der Waals surface area contributed by atoms with Crippen molar-refractivity contribution in [2.24, 2.45) is 11.8 Å². The number of rotatable bonds is 5. The summed E-state index contributed by atoms with van der Waals surface area (Å²) in [6, 6.07) is 20.5. The van der Waals surface area contributed by atoms with Crippen molar-refractivity contribution < 1.29 is 9.53 Å². The minimum atomic E-state index is 0.00361. The normalized spacial score (nSPS) is 23.5. The van der Waals surface area contributed by atoms with Crippen LogP contribution in [0.2, 0.25) is 0 Å². The number of hydrogen-bond acceptors (Lipinski definition) is 5. The van der Waals surface area contributed by atoms with E-state index < -0.39 is 0 Å². The molecule has 6 heteroatoms. The van der Waals surface area contributed by atoms with E-state index >= 15 is 0 Å². The minimum Gasteiger partial charge on any atom is -0.475 e. The lowest BCUT2D eigenvalue weighted by atomic mass is 9.64. The van der Waals surface area contributed by atoms with Crippen molar-refractivity contribution >= 4 is 28.0 Å². The highest BCUT2D eigenvalue weighted by atomic mass is 32.1. The molecule has 7 rings (SSSR count). The maximum atomic E-state index is 14.0. The van der Waals surface area contributed by atoms with Crippen LogP contribution >= 0.6 is 11.3 Å². The molecular weight excluding hydrogens is 442 g/mol. The molecule has 1 aliphatic carbocycles. The zero-order valence-corrected chi connectivity index (χ0v) is 20.2. The van der Waals surface area contributed by atoms with Crippen LogP contribution in [0.1, 0.15) is 35.3 Å². The second kappa shape index (κ2) is 8.51. The van der Waals surface area contributed by atoms with Crippen LogP contribution in [0.5, 0.6) is 5.88 Å².